The van der Waals surface area contributed by atoms with Crippen molar-refractivity contribution in [2.45, 2.75) is 58.6 Å². The second kappa shape index (κ2) is 13.6. The normalized spacial score (nSPS) is 11.8. The van der Waals surface area contributed by atoms with Gasteiger partial charge in [0, 0.05) is 18.5 Å². The number of aryl methyl sites for hydroxylation is 1. The number of hydrogen-bond donors (Lipinski definition) is 4. The minimum Gasteiger partial charge on any atom is -0.461 e. The molecule has 2 heterocycles. The van der Waals surface area contributed by atoms with E-state index in [4.69, 9.17) is 15.2 Å². The van der Waals surface area contributed by atoms with Gasteiger partial charge in [0.25, 0.3) is 0 Å². The summed E-state index contributed by atoms with van der Waals surface area (Å²) in [5.74, 6) is 0.600. The first-order valence-electron chi connectivity index (χ1n) is 13.4. The number of nitrogens with zero attached hydrogens (tertiary/aromatic N) is 6. The van der Waals surface area contributed by atoms with Crippen LogP contribution in [-0.4, -0.2) is 70.3 Å². The Labute approximate surface area is 237 Å². The van der Waals surface area contributed by atoms with Crippen molar-refractivity contribution in [1.82, 2.24) is 35.6 Å². The van der Waals surface area contributed by atoms with Gasteiger partial charge in [-0.1, -0.05) is 55.5 Å². The molecule has 0 unspecified atom stereocenters. The number of ether oxygens (including phenoxy) is 1. The molecule has 2 aromatic heterocycles. The number of H-pyrrole nitrogens is 1. The lowest BCUT2D eigenvalue weighted by molar-refractivity contribution is -0.492. The van der Waals surface area contributed by atoms with Gasteiger partial charge in [0.2, 0.25) is 5.82 Å². The van der Waals surface area contributed by atoms with E-state index < -0.39 is 11.6 Å². The lowest BCUT2D eigenvalue weighted by Crippen LogP contribution is -2.23. The number of esters is 1. The second-order valence-corrected chi connectivity index (χ2v) is 10.0. The number of hydrogen-bond acceptors (Lipinski definition) is 11. The molecule has 13 heteroatoms. The van der Waals surface area contributed by atoms with Crippen LogP contribution in [0.1, 0.15) is 67.6 Å². The molecule has 0 amide bonds. The van der Waals surface area contributed by atoms with Gasteiger partial charge in [0.05, 0.1) is 18.6 Å². The number of aromatic amines is 1. The number of rotatable bonds is 14. The average molecular weight is 566 g/mol. The zero-order valence-electron chi connectivity index (χ0n) is 23.3. The number of nitrogens with one attached hydrogen (secondary N) is 1. The summed E-state index contributed by atoms with van der Waals surface area (Å²) < 4.78 is 7.36. The first kappa shape index (κ1) is 30.0. The number of benzene rings is 2. The number of tetrazole rings is 1. The highest BCUT2D eigenvalue weighted by Gasteiger charge is 2.32. The average Bonchev–Trinajstić information content (AvgIpc) is 3.60. The van der Waals surface area contributed by atoms with Crippen LogP contribution in [0.4, 0.5) is 0 Å². The molecule has 0 radical (unpaired) electrons. The summed E-state index contributed by atoms with van der Waals surface area (Å²) in [6.07, 6.45) is 2.30. The van der Waals surface area contributed by atoms with Gasteiger partial charge in [-0.2, -0.15) is 5.21 Å². The molecule has 0 aliphatic rings. The molecule has 0 saturated heterocycles. The Balaban J connectivity index is 1.59. The lowest BCUT2D eigenvalue weighted by atomic mass is 9.98. The van der Waals surface area contributed by atoms with Crippen molar-refractivity contribution >= 4 is 5.97 Å². The van der Waals surface area contributed by atoms with Crippen LogP contribution < -0.4 is 0 Å². The summed E-state index contributed by atoms with van der Waals surface area (Å²) in [7, 11) is 0. The fourth-order valence-corrected chi connectivity index (χ4v) is 4.48. The zero-order valence-corrected chi connectivity index (χ0v) is 23.3. The Hall–Kier alpha value is -4.01. The van der Waals surface area contributed by atoms with Crippen LogP contribution in [0.25, 0.3) is 22.5 Å². The van der Waals surface area contributed by atoms with Crippen LogP contribution in [0.2, 0.25) is 0 Å². The summed E-state index contributed by atoms with van der Waals surface area (Å²) in [4.78, 5) is 22.5. The van der Waals surface area contributed by atoms with Gasteiger partial charge in [0.15, 0.2) is 5.69 Å². The molecule has 13 nitrogen and oxygen atoms in total. The monoisotopic (exact) mass is 565 g/mol. The fourth-order valence-electron chi connectivity index (χ4n) is 4.48. The van der Waals surface area contributed by atoms with E-state index in [0.29, 0.717) is 37.5 Å². The van der Waals surface area contributed by atoms with Gasteiger partial charge >= 0.3 is 5.97 Å². The molecule has 4 aromatic rings. The van der Waals surface area contributed by atoms with Gasteiger partial charge < -0.3 is 14.4 Å². The van der Waals surface area contributed by atoms with Crippen LogP contribution >= 0.6 is 0 Å². The molecule has 0 bridgehead atoms. The van der Waals surface area contributed by atoms with Crippen molar-refractivity contribution in [2.24, 2.45) is 0 Å². The SMILES string of the molecule is CCCc1nc(C(C)(C)O)c(C(=O)OCCCCON(O)O)n1Cc1ccc(-c2ccccc2-c2nn[nH]n2)cc1. The number of aliphatic hydroxyl groups is 1. The first-order chi connectivity index (χ1) is 19.7. The third-order valence-electron chi connectivity index (χ3n) is 6.39. The predicted octanol–water partition coefficient (Wildman–Crippen LogP) is 3.91. The fraction of sp³-hybridized carbons (Fsp3) is 0.393. The molecule has 41 heavy (non-hydrogen) atoms. The van der Waals surface area contributed by atoms with E-state index in [1.165, 1.54) is 0 Å². The summed E-state index contributed by atoms with van der Waals surface area (Å²) >= 11 is 0. The summed E-state index contributed by atoms with van der Waals surface area (Å²) in [5, 5.41) is 42.1. The van der Waals surface area contributed by atoms with E-state index in [9.17, 15) is 9.90 Å². The number of carbonyl (C=O) groups is 1. The molecule has 0 spiro atoms. The van der Waals surface area contributed by atoms with Crippen molar-refractivity contribution in [2.75, 3.05) is 13.2 Å². The molecule has 0 aliphatic heterocycles. The molecule has 0 aliphatic carbocycles. The second-order valence-electron chi connectivity index (χ2n) is 10.0. The van der Waals surface area contributed by atoms with Gasteiger partial charge in [-0.3, -0.25) is 15.3 Å². The number of unbranched alkanes of at least 4 members (excludes halogenated alkanes) is 1. The van der Waals surface area contributed by atoms with E-state index >= 15 is 0 Å². The zero-order chi connectivity index (χ0) is 29.4. The summed E-state index contributed by atoms with van der Waals surface area (Å²) in [5.41, 5.74) is 2.82. The minimum absolute atomic E-state index is 0.0492. The maximum absolute atomic E-state index is 13.3. The Bertz CT molecular complexity index is 1410. The summed E-state index contributed by atoms with van der Waals surface area (Å²) in [6.45, 7) is 5.70. The van der Waals surface area contributed by atoms with E-state index in [1.54, 1.807) is 13.8 Å². The molecule has 2 aromatic carbocycles. The summed E-state index contributed by atoms with van der Waals surface area (Å²) in [6, 6.07) is 15.8. The van der Waals surface area contributed by atoms with Crippen molar-refractivity contribution in [3.8, 4) is 22.5 Å². The Kier molecular flexibility index (Phi) is 9.91. The molecule has 4 rings (SSSR count). The first-order valence-corrected chi connectivity index (χ1v) is 13.4. The van der Waals surface area contributed by atoms with Crippen LogP contribution in [0.3, 0.4) is 0 Å². The quantitative estimate of drug-likeness (QED) is 0.0992. The molecule has 0 saturated carbocycles. The Morgan fingerprint density at radius 2 is 1.76 bits per heavy atom. The maximum atomic E-state index is 13.3. The minimum atomic E-state index is -1.37. The predicted molar refractivity (Wildman–Crippen MR) is 146 cm³/mol. The van der Waals surface area contributed by atoms with E-state index in [0.717, 1.165) is 28.7 Å². The van der Waals surface area contributed by atoms with Crippen LogP contribution in [0.5, 0.6) is 0 Å². The number of aromatic nitrogens is 6. The van der Waals surface area contributed by atoms with Crippen molar-refractivity contribution in [3.63, 3.8) is 0 Å². The third-order valence-corrected chi connectivity index (χ3v) is 6.39. The van der Waals surface area contributed by atoms with E-state index in [-0.39, 0.29) is 30.0 Å². The lowest BCUT2D eigenvalue weighted by Gasteiger charge is -2.18. The standard InChI is InChI=1S/C28H35N7O6/c1-4-9-23-29-25(28(2,3)37)24(27(36)40-16-7-8-17-41-35(38)39)34(23)18-19-12-14-20(15-13-19)21-10-5-6-11-22(21)26-30-32-33-31-26/h5-6,10-15,37-39H,4,7-9,16-18H2,1-3H3,(H,30,31,32,33). The third kappa shape index (κ3) is 7.60. The maximum Gasteiger partial charge on any atom is 0.357 e. The largest absolute Gasteiger partial charge is 0.461 e. The molecular weight excluding hydrogens is 530 g/mol. The van der Waals surface area contributed by atoms with Gasteiger partial charge in [-0.25, -0.2) is 9.78 Å². The van der Waals surface area contributed by atoms with E-state index in [1.807, 2.05) is 60.0 Å². The van der Waals surface area contributed by atoms with Crippen LogP contribution in [0, 0.1) is 0 Å². The Morgan fingerprint density at radius 1 is 1.05 bits per heavy atom. The molecule has 0 atom stereocenters. The van der Waals surface area contributed by atoms with Gasteiger partial charge in [-0.15, -0.1) is 10.2 Å². The van der Waals surface area contributed by atoms with Crippen molar-refractivity contribution in [1.29, 1.82) is 0 Å². The highest BCUT2D eigenvalue weighted by atomic mass is 17.1. The van der Waals surface area contributed by atoms with Crippen LogP contribution in [0.15, 0.2) is 48.5 Å². The highest BCUT2D eigenvalue weighted by molar-refractivity contribution is 5.89. The highest BCUT2D eigenvalue weighted by Crippen LogP contribution is 2.31. The number of carbonyl (C=O) groups excluding carboxylic acids is 1. The van der Waals surface area contributed by atoms with Crippen molar-refractivity contribution in [3.05, 3.63) is 71.3 Å². The molecule has 4 N–H and O–H groups in total. The molecular formula is C28H35N7O6. The smallest absolute Gasteiger partial charge is 0.357 e. The molecule has 0 fully saturated rings. The van der Waals surface area contributed by atoms with Crippen LogP contribution in [-0.2, 0) is 28.1 Å². The van der Waals surface area contributed by atoms with Gasteiger partial charge in [0.1, 0.15) is 17.1 Å². The molecule has 218 valence electrons. The van der Waals surface area contributed by atoms with E-state index in [2.05, 4.69) is 30.4 Å². The topological polar surface area (TPSA) is 172 Å². The number of imidazole rings is 1. The van der Waals surface area contributed by atoms with Gasteiger partial charge in [-0.05, 0) is 55.0 Å². The van der Waals surface area contributed by atoms with Crippen molar-refractivity contribution < 1.29 is 29.9 Å². The Morgan fingerprint density at radius 3 is 2.39 bits per heavy atom.